The van der Waals surface area contributed by atoms with Crippen molar-refractivity contribution in [2.45, 2.75) is 39.5 Å². The zero-order valence-corrected chi connectivity index (χ0v) is 10.7. The fourth-order valence-corrected chi connectivity index (χ4v) is 1.61. The zero-order chi connectivity index (χ0) is 12.2. The summed E-state index contributed by atoms with van der Waals surface area (Å²) in [4.78, 5) is 4.52. The molecular weight excluding hydrogens is 196 g/mol. The van der Waals surface area contributed by atoms with Crippen molar-refractivity contribution in [3.8, 4) is 0 Å². The molecule has 0 bridgehead atoms. The number of benzene rings is 1. The summed E-state index contributed by atoms with van der Waals surface area (Å²) in [7, 11) is 0. The lowest BCUT2D eigenvalue weighted by Crippen LogP contribution is -2.22. The maximum Gasteiger partial charge on any atom is 0.0670 e. The monoisotopic (exact) mass is 218 g/mol. The molecule has 0 aliphatic carbocycles. The summed E-state index contributed by atoms with van der Waals surface area (Å²) in [6, 6.07) is 8.36. The number of fused-ring (bicyclic) bond motifs is 1. The molecule has 1 aliphatic rings. The third-order valence-corrected chi connectivity index (χ3v) is 3.06. The summed E-state index contributed by atoms with van der Waals surface area (Å²) >= 11 is 0. The van der Waals surface area contributed by atoms with Gasteiger partial charge in [0.15, 0.2) is 0 Å². The molecule has 2 N–H and O–H groups in total. The van der Waals surface area contributed by atoms with Crippen molar-refractivity contribution in [1.82, 2.24) is 0 Å². The predicted molar refractivity (Wildman–Crippen MR) is 71.6 cm³/mol. The molecule has 0 saturated heterocycles. The molecule has 0 fully saturated rings. The van der Waals surface area contributed by atoms with Crippen LogP contribution in [0.3, 0.4) is 0 Å². The van der Waals surface area contributed by atoms with Gasteiger partial charge in [-0.05, 0) is 31.5 Å². The Kier molecular flexibility index (Phi) is 4.25. The molecule has 0 atom stereocenters. The van der Waals surface area contributed by atoms with Crippen molar-refractivity contribution >= 4 is 11.4 Å². The molecule has 1 aromatic carbocycles. The molecule has 2 rings (SSSR count). The van der Waals surface area contributed by atoms with Crippen LogP contribution < -0.4 is 5.73 Å². The predicted octanol–water partition coefficient (Wildman–Crippen LogP) is 3.43. The van der Waals surface area contributed by atoms with Gasteiger partial charge in [0.1, 0.15) is 0 Å². The fraction of sp³-hybridized carbons (Fsp3) is 0.500. The molecule has 88 valence electrons. The SMILES string of the molecule is CC1=Nc2ccccc2C1(C)C.CCCN. The van der Waals surface area contributed by atoms with E-state index in [1.54, 1.807) is 0 Å². The third-order valence-electron chi connectivity index (χ3n) is 3.06. The Balaban J connectivity index is 0.000000280. The van der Waals surface area contributed by atoms with Gasteiger partial charge in [-0.25, -0.2) is 0 Å². The van der Waals surface area contributed by atoms with Gasteiger partial charge in [-0.3, -0.25) is 4.99 Å². The highest BCUT2D eigenvalue weighted by Crippen LogP contribution is 2.39. The highest BCUT2D eigenvalue weighted by Gasteiger charge is 2.31. The van der Waals surface area contributed by atoms with Crippen molar-refractivity contribution in [3.05, 3.63) is 29.8 Å². The highest BCUT2D eigenvalue weighted by molar-refractivity contribution is 5.99. The van der Waals surface area contributed by atoms with E-state index < -0.39 is 0 Å². The number of nitrogens with zero attached hydrogens (tertiary/aromatic N) is 1. The maximum atomic E-state index is 5.03. The van der Waals surface area contributed by atoms with Gasteiger partial charge in [-0.1, -0.05) is 39.0 Å². The second kappa shape index (κ2) is 5.26. The van der Waals surface area contributed by atoms with Crippen molar-refractivity contribution in [3.63, 3.8) is 0 Å². The standard InChI is InChI=1S/C11H13N.C3H9N/c1-8-11(2,3)9-6-4-5-7-10(9)12-8;1-2-3-4/h4-7H,1-3H3;2-4H2,1H3. The van der Waals surface area contributed by atoms with E-state index in [0.717, 1.165) is 18.7 Å². The first-order valence-corrected chi connectivity index (χ1v) is 5.89. The Morgan fingerprint density at radius 1 is 1.25 bits per heavy atom. The van der Waals surface area contributed by atoms with E-state index in [4.69, 9.17) is 5.73 Å². The maximum absolute atomic E-state index is 5.03. The van der Waals surface area contributed by atoms with Crippen LogP contribution >= 0.6 is 0 Å². The minimum Gasteiger partial charge on any atom is -0.330 e. The van der Waals surface area contributed by atoms with Gasteiger partial charge in [-0.15, -0.1) is 0 Å². The molecule has 0 saturated carbocycles. The van der Waals surface area contributed by atoms with Gasteiger partial charge in [-0.2, -0.15) is 0 Å². The van der Waals surface area contributed by atoms with E-state index in [2.05, 4.69) is 50.9 Å². The number of nitrogens with two attached hydrogens (primary N) is 1. The number of para-hydroxylation sites is 1. The van der Waals surface area contributed by atoms with Gasteiger partial charge < -0.3 is 5.73 Å². The summed E-state index contributed by atoms with van der Waals surface area (Å²) in [5.74, 6) is 0. The Morgan fingerprint density at radius 2 is 1.81 bits per heavy atom. The second-order valence-corrected chi connectivity index (χ2v) is 4.63. The van der Waals surface area contributed by atoms with Crippen LogP contribution in [0.15, 0.2) is 29.3 Å². The Hall–Kier alpha value is -1.15. The van der Waals surface area contributed by atoms with Gasteiger partial charge in [0.2, 0.25) is 0 Å². The van der Waals surface area contributed by atoms with Crippen LogP contribution in [0, 0.1) is 0 Å². The minimum atomic E-state index is 0.136. The molecule has 16 heavy (non-hydrogen) atoms. The smallest absolute Gasteiger partial charge is 0.0670 e. The first kappa shape index (κ1) is 12.9. The first-order valence-electron chi connectivity index (χ1n) is 5.89. The van der Waals surface area contributed by atoms with E-state index >= 15 is 0 Å². The normalized spacial score (nSPS) is 15.9. The number of hydrogen-bond acceptors (Lipinski definition) is 2. The molecule has 1 aliphatic heterocycles. The summed E-state index contributed by atoms with van der Waals surface area (Å²) in [6.07, 6.45) is 1.10. The molecule has 0 unspecified atom stereocenters. The van der Waals surface area contributed by atoms with Crippen LogP contribution in [0.2, 0.25) is 0 Å². The lowest BCUT2D eigenvalue weighted by molar-refractivity contribution is 0.733. The number of aliphatic imine (C=N–C) groups is 1. The van der Waals surface area contributed by atoms with E-state index in [1.165, 1.54) is 11.3 Å². The van der Waals surface area contributed by atoms with Crippen LogP contribution in [0.4, 0.5) is 5.69 Å². The first-order chi connectivity index (χ1) is 7.54. The van der Waals surface area contributed by atoms with E-state index in [1.807, 2.05) is 6.07 Å². The average Bonchev–Trinajstić information content (AvgIpc) is 2.51. The molecule has 1 heterocycles. The van der Waals surface area contributed by atoms with Gasteiger partial charge in [0, 0.05) is 11.1 Å². The third kappa shape index (κ3) is 2.50. The summed E-state index contributed by atoms with van der Waals surface area (Å²) in [5.41, 5.74) is 8.86. The molecular formula is C14H22N2. The molecule has 2 heteroatoms. The van der Waals surface area contributed by atoms with Crippen LogP contribution in [0.5, 0.6) is 0 Å². The Bertz CT molecular complexity index is 376. The van der Waals surface area contributed by atoms with Gasteiger partial charge in [0.25, 0.3) is 0 Å². The van der Waals surface area contributed by atoms with Crippen LogP contribution in [-0.4, -0.2) is 12.3 Å². The van der Waals surface area contributed by atoms with Crippen LogP contribution in [0.1, 0.15) is 39.7 Å². The zero-order valence-electron chi connectivity index (χ0n) is 10.7. The molecule has 1 aromatic rings. The average molecular weight is 218 g/mol. The quantitative estimate of drug-likeness (QED) is 0.770. The van der Waals surface area contributed by atoms with Crippen molar-refractivity contribution in [2.75, 3.05) is 6.54 Å². The Morgan fingerprint density at radius 3 is 2.31 bits per heavy atom. The molecule has 0 spiro atoms. The van der Waals surface area contributed by atoms with Crippen LogP contribution in [0.25, 0.3) is 0 Å². The van der Waals surface area contributed by atoms with Crippen molar-refractivity contribution < 1.29 is 0 Å². The molecule has 0 radical (unpaired) electrons. The Labute approximate surface area is 98.6 Å². The van der Waals surface area contributed by atoms with Crippen molar-refractivity contribution in [2.24, 2.45) is 10.7 Å². The highest BCUT2D eigenvalue weighted by atomic mass is 14.8. The van der Waals surface area contributed by atoms with Crippen LogP contribution in [-0.2, 0) is 5.41 Å². The van der Waals surface area contributed by atoms with E-state index in [9.17, 15) is 0 Å². The topological polar surface area (TPSA) is 38.4 Å². The van der Waals surface area contributed by atoms with Crippen molar-refractivity contribution in [1.29, 1.82) is 0 Å². The largest absolute Gasteiger partial charge is 0.330 e. The number of rotatable bonds is 1. The fourth-order valence-electron chi connectivity index (χ4n) is 1.61. The van der Waals surface area contributed by atoms with E-state index in [0.29, 0.717) is 0 Å². The molecule has 0 amide bonds. The second-order valence-electron chi connectivity index (χ2n) is 4.63. The van der Waals surface area contributed by atoms with E-state index in [-0.39, 0.29) is 5.41 Å². The summed E-state index contributed by atoms with van der Waals surface area (Å²) < 4.78 is 0. The molecule has 2 nitrogen and oxygen atoms in total. The van der Waals surface area contributed by atoms with Gasteiger partial charge >= 0.3 is 0 Å². The summed E-state index contributed by atoms with van der Waals surface area (Å²) in [6.45, 7) is 9.41. The lowest BCUT2D eigenvalue weighted by atomic mass is 9.82. The minimum absolute atomic E-state index is 0.136. The van der Waals surface area contributed by atoms with Gasteiger partial charge in [0.05, 0.1) is 5.69 Å². The molecule has 0 aromatic heterocycles. The summed E-state index contributed by atoms with van der Waals surface area (Å²) in [5, 5.41) is 0. The lowest BCUT2D eigenvalue weighted by Gasteiger charge is -2.19. The number of hydrogen-bond donors (Lipinski definition) is 1.